The fourth-order valence-electron chi connectivity index (χ4n) is 1.31. The number of alkyl carbamates (subject to hydrolysis) is 1. The van der Waals surface area contributed by atoms with Crippen LogP contribution in [0.2, 0.25) is 0 Å². The normalized spacial score (nSPS) is 11.6. The Morgan fingerprint density at radius 1 is 1.38 bits per heavy atom. The molecule has 1 rings (SSSR count). The molecule has 1 amide bonds. The minimum atomic E-state index is -0.566. The first-order valence-corrected chi connectivity index (χ1v) is 5.19. The van der Waals surface area contributed by atoms with E-state index in [4.69, 9.17) is 0 Å². The summed E-state index contributed by atoms with van der Waals surface area (Å²) in [5.41, 5.74) is 0.843. The highest BCUT2D eigenvalue weighted by Gasteiger charge is 2.16. The van der Waals surface area contributed by atoms with E-state index in [9.17, 15) is 9.59 Å². The summed E-state index contributed by atoms with van der Waals surface area (Å²) in [6.07, 6.45) is -0.439. The summed E-state index contributed by atoms with van der Waals surface area (Å²) in [5, 5.41) is 2.30. The van der Waals surface area contributed by atoms with Gasteiger partial charge in [0, 0.05) is 6.42 Å². The molecule has 0 aromatic heterocycles. The van der Waals surface area contributed by atoms with Gasteiger partial charge in [-0.3, -0.25) is 4.79 Å². The molecule has 5 heteroatoms. The fourth-order valence-corrected chi connectivity index (χ4v) is 1.50. The third-order valence-electron chi connectivity index (χ3n) is 2.06. The number of carbonyl (C=O) groups is 2. The van der Waals surface area contributed by atoms with Crippen molar-refractivity contribution in [3.05, 3.63) is 35.9 Å². The first-order chi connectivity index (χ1) is 7.63. The lowest BCUT2D eigenvalue weighted by Crippen LogP contribution is -2.29. The summed E-state index contributed by atoms with van der Waals surface area (Å²) in [4.78, 5) is 22.1. The van der Waals surface area contributed by atoms with Crippen LogP contribution in [0.4, 0.5) is 4.79 Å². The van der Waals surface area contributed by atoms with Crippen molar-refractivity contribution in [1.29, 1.82) is 0 Å². The number of ether oxygens (including phenoxy) is 1. The lowest BCUT2D eigenvalue weighted by molar-refractivity contribution is -0.111. The lowest BCUT2D eigenvalue weighted by Gasteiger charge is -2.16. The molecule has 0 unspecified atom stereocenters. The number of hydrogen-bond acceptors (Lipinski definition) is 3. The molecule has 1 atom stereocenters. The van der Waals surface area contributed by atoms with Crippen LogP contribution in [0.5, 0.6) is 0 Å². The van der Waals surface area contributed by atoms with Crippen LogP contribution in [0.3, 0.4) is 0 Å². The number of benzene rings is 1. The summed E-state index contributed by atoms with van der Waals surface area (Å²) in [5.74, 6) is 0. The minimum Gasteiger partial charge on any atom is -0.453 e. The van der Waals surface area contributed by atoms with Crippen molar-refractivity contribution in [3.63, 3.8) is 0 Å². The van der Waals surface area contributed by atoms with Crippen molar-refractivity contribution in [2.45, 2.75) is 12.5 Å². The van der Waals surface area contributed by atoms with Gasteiger partial charge in [-0.1, -0.05) is 30.3 Å². The van der Waals surface area contributed by atoms with E-state index < -0.39 is 12.1 Å². The van der Waals surface area contributed by atoms with Gasteiger partial charge in [-0.05, 0) is 5.56 Å². The molecule has 0 aliphatic carbocycles. The molecule has 0 spiro atoms. The molecular formula is C11H13NO3S. The first kappa shape index (κ1) is 12.6. The van der Waals surface area contributed by atoms with Gasteiger partial charge in [0.25, 0.3) is 0 Å². The average molecular weight is 239 g/mol. The molecule has 1 N–H and O–H groups in total. The molecule has 86 valence electrons. The van der Waals surface area contributed by atoms with Crippen LogP contribution in [0, 0.1) is 0 Å². The van der Waals surface area contributed by atoms with E-state index in [1.165, 1.54) is 7.11 Å². The van der Waals surface area contributed by atoms with Gasteiger partial charge in [0.2, 0.25) is 0 Å². The van der Waals surface area contributed by atoms with Crippen LogP contribution >= 0.6 is 12.6 Å². The molecule has 0 fully saturated rings. The molecule has 0 radical (unpaired) electrons. The van der Waals surface area contributed by atoms with E-state index in [0.29, 0.717) is 0 Å². The van der Waals surface area contributed by atoms with Gasteiger partial charge < -0.3 is 10.1 Å². The van der Waals surface area contributed by atoms with E-state index in [0.717, 1.165) is 5.56 Å². The second-order valence-corrected chi connectivity index (χ2v) is 3.70. The summed E-state index contributed by atoms with van der Waals surface area (Å²) < 4.78 is 4.50. The van der Waals surface area contributed by atoms with E-state index in [2.05, 4.69) is 22.7 Å². The molecular weight excluding hydrogens is 226 g/mol. The van der Waals surface area contributed by atoms with E-state index >= 15 is 0 Å². The zero-order valence-corrected chi connectivity index (χ0v) is 9.74. The fraction of sp³-hybridized carbons (Fsp3) is 0.273. The van der Waals surface area contributed by atoms with Crippen molar-refractivity contribution < 1.29 is 14.3 Å². The number of amides is 1. The van der Waals surface area contributed by atoms with Crippen LogP contribution in [0.25, 0.3) is 0 Å². The second kappa shape index (κ2) is 6.17. The molecule has 0 saturated carbocycles. The number of carbonyl (C=O) groups excluding carboxylic acids is 2. The molecule has 0 aliphatic heterocycles. The maximum atomic E-state index is 11.1. The highest BCUT2D eigenvalue weighted by atomic mass is 32.1. The van der Waals surface area contributed by atoms with Crippen LogP contribution in [-0.2, 0) is 9.53 Å². The van der Waals surface area contributed by atoms with Crippen molar-refractivity contribution in [1.82, 2.24) is 5.32 Å². The third-order valence-corrected chi connectivity index (χ3v) is 2.24. The number of rotatable bonds is 4. The summed E-state index contributed by atoms with van der Waals surface area (Å²) in [6, 6.07) is 8.79. The van der Waals surface area contributed by atoms with Gasteiger partial charge in [0.15, 0.2) is 5.12 Å². The van der Waals surface area contributed by atoms with Crippen LogP contribution < -0.4 is 5.32 Å². The van der Waals surface area contributed by atoms with E-state index in [1.807, 2.05) is 30.3 Å². The Morgan fingerprint density at radius 3 is 2.50 bits per heavy atom. The van der Waals surface area contributed by atoms with Crippen LogP contribution in [0.15, 0.2) is 30.3 Å². The number of nitrogens with one attached hydrogen (secondary N) is 1. The maximum Gasteiger partial charge on any atom is 0.407 e. The first-order valence-electron chi connectivity index (χ1n) is 4.74. The molecule has 1 aromatic carbocycles. The Balaban J connectivity index is 2.79. The molecule has 1 aromatic rings. The predicted molar refractivity (Wildman–Crippen MR) is 63.3 cm³/mol. The molecule has 16 heavy (non-hydrogen) atoms. The van der Waals surface area contributed by atoms with E-state index in [-0.39, 0.29) is 11.5 Å². The largest absolute Gasteiger partial charge is 0.453 e. The van der Waals surface area contributed by atoms with Gasteiger partial charge in [0.1, 0.15) is 0 Å². The maximum absolute atomic E-state index is 11.1. The zero-order valence-electron chi connectivity index (χ0n) is 8.84. The standard InChI is InChI=1S/C11H13NO3S/c1-15-11(14)12-9(7-10(13)16)8-5-3-2-4-6-8/h2-6,9H,7H2,1H3,(H,12,14)(H,13,16)/t9-/m0/s1. The van der Waals surface area contributed by atoms with Gasteiger partial charge in [0.05, 0.1) is 13.2 Å². The molecule has 0 heterocycles. The van der Waals surface area contributed by atoms with Gasteiger partial charge >= 0.3 is 6.09 Å². The average Bonchev–Trinajstić information content (AvgIpc) is 2.28. The van der Waals surface area contributed by atoms with Gasteiger partial charge in [-0.2, -0.15) is 0 Å². The Kier molecular flexibility index (Phi) is 4.85. The van der Waals surface area contributed by atoms with Crippen molar-refractivity contribution >= 4 is 23.8 Å². The van der Waals surface area contributed by atoms with Crippen LogP contribution in [0.1, 0.15) is 18.0 Å². The summed E-state index contributed by atoms with van der Waals surface area (Å²) >= 11 is 3.71. The molecule has 0 bridgehead atoms. The molecule has 4 nitrogen and oxygen atoms in total. The lowest BCUT2D eigenvalue weighted by atomic mass is 10.0. The number of methoxy groups -OCH3 is 1. The topological polar surface area (TPSA) is 55.4 Å². The second-order valence-electron chi connectivity index (χ2n) is 3.20. The van der Waals surface area contributed by atoms with Crippen molar-refractivity contribution in [2.24, 2.45) is 0 Å². The van der Waals surface area contributed by atoms with E-state index in [1.54, 1.807) is 0 Å². The third kappa shape index (κ3) is 3.94. The Labute approximate surface area is 99.4 Å². The Morgan fingerprint density at radius 2 is 2.00 bits per heavy atom. The highest BCUT2D eigenvalue weighted by molar-refractivity contribution is 7.96. The zero-order chi connectivity index (χ0) is 12.0. The highest BCUT2D eigenvalue weighted by Crippen LogP contribution is 2.17. The summed E-state index contributed by atoms with van der Waals surface area (Å²) in [7, 11) is 1.28. The van der Waals surface area contributed by atoms with Gasteiger partial charge in [-0.25, -0.2) is 4.79 Å². The molecule has 0 saturated heterocycles. The van der Waals surface area contributed by atoms with Crippen molar-refractivity contribution in [3.8, 4) is 0 Å². The monoisotopic (exact) mass is 239 g/mol. The predicted octanol–water partition coefficient (Wildman–Crippen LogP) is 1.93. The summed E-state index contributed by atoms with van der Waals surface area (Å²) in [6.45, 7) is 0. The number of hydrogen-bond donors (Lipinski definition) is 2. The van der Waals surface area contributed by atoms with Crippen LogP contribution in [-0.4, -0.2) is 18.3 Å². The molecule has 0 aliphatic rings. The smallest absolute Gasteiger partial charge is 0.407 e. The SMILES string of the molecule is COC(=O)N[C@@H](CC(=O)S)c1ccccc1. The minimum absolute atomic E-state index is 0.127. The quantitative estimate of drug-likeness (QED) is 0.789. The number of thiol groups is 1. The Bertz CT molecular complexity index is 367. The van der Waals surface area contributed by atoms with Gasteiger partial charge in [-0.15, -0.1) is 12.6 Å². The Hall–Kier alpha value is -1.49. The van der Waals surface area contributed by atoms with Crippen molar-refractivity contribution in [2.75, 3.05) is 7.11 Å².